The van der Waals surface area contributed by atoms with Crippen LogP contribution in [0.15, 0.2) is 42.7 Å². The summed E-state index contributed by atoms with van der Waals surface area (Å²) < 4.78 is 2.02. The zero-order chi connectivity index (χ0) is 13.3. The van der Waals surface area contributed by atoms with Crippen LogP contribution in [-0.2, 0) is 13.0 Å². The summed E-state index contributed by atoms with van der Waals surface area (Å²) in [7, 11) is 0. The second kappa shape index (κ2) is 7.74. The van der Waals surface area contributed by atoms with Crippen molar-refractivity contribution in [1.29, 1.82) is 0 Å². The molecule has 0 bridgehead atoms. The van der Waals surface area contributed by atoms with Gasteiger partial charge in [-0.3, -0.25) is 4.68 Å². The van der Waals surface area contributed by atoms with Gasteiger partial charge in [0.05, 0.1) is 12.7 Å². The quantitative estimate of drug-likeness (QED) is 0.737. The molecule has 0 amide bonds. The van der Waals surface area contributed by atoms with Crippen LogP contribution >= 0.6 is 0 Å². The lowest BCUT2D eigenvalue weighted by Crippen LogP contribution is -2.16. The third-order valence-electron chi connectivity index (χ3n) is 3.12. The molecule has 0 saturated heterocycles. The van der Waals surface area contributed by atoms with Crippen LogP contribution in [0.3, 0.4) is 0 Å². The van der Waals surface area contributed by atoms with E-state index in [0.29, 0.717) is 0 Å². The molecular weight excluding hydrogens is 234 g/mol. The van der Waals surface area contributed by atoms with Crippen molar-refractivity contribution >= 4 is 0 Å². The molecule has 0 aliphatic rings. The highest BCUT2D eigenvalue weighted by molar-refractivity contribution is 5.15. The Labute approximate surface area is 115 Å². The van der Waals surface area contributed by atoms with Crippen molar-refractivity contribution in [3.63, 3.8) is 0 Å². The smallest absolute Gasteiger partial charge is 0.0659 e. The second-order valence-electron chi connectivity index (χ2n) is 4.89. The van der Waals surface area contributed by atoms with Crippen LogP contribution in [0.25, 0.3) is 0 Å². The molecule has 0 spiro atoms. The Morgan fingerprint density at radius 3 is 2.74 bits per heavy atom. The molecule has 0 atom stereocenters. The highest BCUT2D eigenvalue weighted by atomic mass is 15.3. The highest BCUT2D eigenvalue weighted by Gasteiger charge is 1.99. The Morgan fingerprint density at radius 2 is 1.95 bits per heavy atom. The first kappa shape index (κ1) is 13.8. The minimum absolute atomic E-state index is 0.856. The lowest BCUT2D eigenvalue weighted by Gasteiger charge is -2.02. The van der Waals surface area contributed by atoms with Gasteiger partial charge in [-0.05, 0) is 43.5 Å². The fourth-order valence-corrected chi connectivity index (χ4v) is 2.11. The summed E-state index contributed by atoms with van der Waals surface area (Å²) in [4.78, 5) is 0. The fraction of sp³-hybridized carbons (Fsp3) is 0.438. The maximum atomic E-state index is 4.42. The number of nitrogens with zero attached hydrogens (tertiary/aromatic N) is 2. The SMILES string of the molecule is CCCNCCCc1cnn(Cc2ccccc2)c1. The number of aromatic nitrogens is 2. The zero-order valence-corrected chi connectivity index (χ0v) is 11.7. The van der Waals surface area contributed by atoms with Crippen LogP contribution in [0.5, 0.6) is 0 Å². The minimum atomic E-state index is 0.856. The molecule has 1 aromatic heterocycles. The Morgan fingerprint density at radius 1 is 1.11 bits per heavy atom. The van der Waals surface area contributed by atoms with Crippen LogP contribution < -0.4 is 5.32 Å². The van der Waals surface area contributed by atoms with E-state index in [0.717, 1.165) is 26.1 Å². The van der Waals surface area contributed by atoms with Crippen LogP contribution in [0.1, 0.15) is 30.9 Å². The zero-order valence-electron chi connectivity index (χ0n) is 11.7. The van der Waals surface area contributed by atoms with Gasteiger partial charge < -0.3 is 5.32 Å². The van der Waals surface area contributed by atoms with Crippen molar-refractivity contribution in [3.8, 4) is 0 Å². The molecule has 102 valence electrons. The third-order valence-corrected chi connectivity index (χ3v) is 3.12. The summed E-state index contributed by atoms with van der Waals surface area (Å²) in [6.07, 6.45) is 7.63. The number of hydrogen-bond donors (Lipinski definition) is 1. The average Bonchev–Trinajstić information content (AvgIpc) is 2.87. The molecule has 19 heavy (non-hydrogen) atoms. The Hall–Kier alpha value is -1.61. The summed E-state index contributed by atoms with van der Waals surface area (Å²) in [6.45, 7) is 5.26. The van der Waals surface area contributed by atoms with E-state index in [-0.39, 0.29) is 0 Å². The van der Waals surface area contributed by atoms with E-state index in [2.05, 4.69) is 47.8 Å². The maximum absolute atomic E-state index is 4.42. The van der Waals surface area contributed by atoms with Gasteiger partial charge in [0.1, 0.15) is 0 Å². The first-order valence-electron chi connectivity index (χ1n) is 7.14. The summed E-state index contributed by atoms with van der Waals surface area (Å²) in [6, 6.07) is 10.5. The largest absolute Gasteiger partial charge is 0.317 e. The molecule has 1 aromatic carbocycles. The second-order valence-corrected chi connectivity index (χ2v) is 4.89. The van der Waals surface area contributed by atoms with E-state index in [4.69, 9.17) is 0 Å². The van der Waals surface area contributed by atoms with Gasteiger partial charge in [-0.1, -0.05) is 37.3 Å². The molecule has 0 unspecified atom stereocenters. The summed E-state index contributed by atoms with van der Waals surface area (Å²) in [5.41, 5.74) is 2.62. The fourth-order valence-electron chi connectivity index (χ4n) is 2.11. The van der Waals surface area contributed by atoms with Gasteiger partial charge in [-0.15, -0.1) is 0 Å². The van der Waals surface area contributed by atoms with Gasteiger partial charge >= 0.3 is 0 Å². The number of rotatable bonds is 8. The number of aryl methyl sites for hydroxylation is 1. The van der Waals surface area contributed by atoms with E-state index in [9.17, 15) is 0 Å². The van der Waals surface area contributed by atoms with Gasteiger partial charge in [-0.25, -0.2) is 0 Å². The van der Waals surface area contributed by atoms with E-state index < -0.39 is 0 Å². The molecule has 3 nitrogen and oxygen atoms in total. The molecule has 0 radical (unpaired) electrons. The summed E-state index contributed by atoms with van der Waals surface area (Å²) >= 11 is 0. The van der Waals surface area contributed by atoms with Crippen LogP contribution in [-0.4, -0.2) is 22.9 Å². The van der Waals surface area contributed by atoms with Crippen molar-refractivity contribution in [2.24, 2.45) is 0 Å². The number of hydrogen-bond acceptors (Lipinski definition) is 2. The van der Waals surface area contributed by atoms with Gasteiger partial charge in [0, 0.05) is 6.20 Å². The lowest BCUT2D eigenvalue weighted by molar-refractivity contribution is 0.639. The predicted octanol–water partition coefficient (Wildman–Crippen LogP) is 2.86. The molecule has 3 heteroatoms. The predicted molar refractivity (Wildman–Crippen MR) is 79.3 cm³/mol. The van der Waals surface area contributed by atoms with Crippen LogP contribution in [0.4, 0.5) is 0 Å². The summed E-state index contributed by atoms with van der Waals surface area (Å²) in [5.74, 6) is 0. The lowest BCUT2D eigenvalue weighted by atomic mass is 10.2. The first-order valence-corrected chi connectivity index (χ1v) is 7.14. The Bertz CT molecular complexity index is 462. The first-order chi connectivity index (χ1) is 9.38. The van der Waals surface area contributed by atoms with Gasteiger partial charge in [0.25, 0.3) is 0 Å². The molecule has 0 aliphatic heterocycles. The normalized spacial score (nSPS) is 10.8. The molecule has 2 aromatic rings. The summed E-state index contributed by atoms with van der Waals surface area (Å²) in [5, 5.41) is 7.85. The highest BCUT2D eigenvalue weighted by Crippen LogP contribution is 2.05. The van der Waals surface area contributed by atoms with Gasteiger partial charge in [-0.2, -0.15) is 5.10 Å². The maximum Gasteiger partial charge on any atom is 0.0659 e. The van der Waals surface area contributed by atoms with Crippen molar-refractivity contribution in [3.05, 3.63) is 53.9 Å². The molecular formula is C16H23N3. The number of nitrogens with one attached hydrogen (secondary N) is 1. The number of benzene rings is 1. The molecule has 2 rings (SSSR count). The standard InChI is InChI=1S/C16H23N3/c1-2-10-17-11-6-9-16-12-18-19(14-16)13-15-7-4-3-5-8-15/h3-5,7-8,12,14,17H,2,6,9-11,13H2,1H3. The van der Waals surface area contributed by atoms with E-state index >= 15 is 0 Å². The molecule has 0 fully saturated rings. The minimum Gasteiger partial charge on any atom is -0.317 e. The Balaban J connectivity index is 1.76. The molecule has 0 aliphatic carbocycles. The van der Waals surface area contributed by atoms with Crippen molar-refractivity contribution < 1.29 is 0 Å². The molecule has 0 saturated carbocycles. The molecule has 1 heterocycles. The van der Waals surface area contributed by atoms with Crippen LogP contribution in [0.2, 0.25) is 0 Å². The van der Waals surface area contributed by atoms with Crippen molar-refractivity contribution in [2.45, 2.75) is 32.7 Å². The molecule has 1 N–H and O–H groups in total. The van der Waals surface area contributed by atoms with Crippen molar-refractivity contribution in [2.75, 3.05) is 13.1 Å². The Kier molecular flexibility index (Phi) is 5.63. The van der Waals surface area contributed by atoms with Gasteiger partial charge in [0.2, 0.25) is 0 Å². The van der Waals surface area contributed by atoms with Crippen molar-refractivity contribution in [1.82, 2.24) is 15.1 Å². The average molecular weight is 257 g/mol. The topological polar surface area (TPSA) is 29.9 Å². The third kappa shape index (κ3) is 4.87. The van der Waals surface area contributed by atoms with E-state index in [1.165, 1.54) is 24.0 Å². The van der Waals surface area contributed by atoms with E-state index in [1.807, 2.05) is 16.9 Å². The van der Waals surface area contributed by atoms with Crippen LogP contribution in [0, 0.1) is 0 Å². The van der Waals surface area contributed by atoms with E-state index in [1.54, 1.807) is 0 Å². The van der Waals surface area contributed by atoms with Gasteiger partial charge in [0.15, 0.2) is 0 Å². The monoisotopic (exact) mass is 257 g/mol.